The lowest BCUT2D eigenvalue weighted by molar-refractivity contribution is 0.0511. The molecular weight excluding hydrogens is 268 g/mol. The molecule has 0 spiro atoms. The van der Waals surface area contributed by atoms with E-state index in [2.05, 4.69) is 15.2 Å². The van der Waals surface area contributed by atoms with E-state index >= 15 is 0 Å². The topological polar surface area (TPSA) is 80.5 Å². The normalized spacial score (nSPS) is 13.0. The van der Waals surface area contributed by atoms with Gasteiger partial charge >= 0.3 is 6.09 Å². The zero-order valence-electron chi connectivity index (χ0n) is 13.3. The average Bonchev–Trinajstić information content (AvgIpc) is 2.38. The fraction of sp³-hybridized carbons (Fsp3) is 0.600. The van der Waals surface area contributed by atoms with Gasteiger partial charge < -0.3 is 15.8 Å². The van der Waals surface area contributed by atoms with Gasteiger partial charge in [-0.2, -0.15) is 0 Å². The van der Waals surface area contributed by atoms with E-state index in [9.17, 15) is 4.79 Å². The lowest BCUT2D eigenvalue weighted by Crippen LogP contribution is -2.47. The third kappa shape index (κ3) is 7.06. The van der Waals surface area contributed by atoms with Crippen molar-refractivity contribution in [3.63, 3.8) is 0 Å². The average molecular weight is 294 g/mol. The SMILES string of the molecule is CN(Cc1ccncc1)C(CN)CNC(=O)OC(C)(C)C. The molecule has 0 saturated heterocycles. The van der Waals surface area contributed by atoms with Crippen molar-refractivity contribution in [2.45, 2.75) is 39.0 Å². The van der Waals surface area contributed by atoms with Crippen LogP contribution in [0.1, 0.15) is 26.3 Å². The highest BCUT2D eigenvalue weighted by Gasteiger charge is 2.18. The summed E-state index contributed by atoms with van der Waals surface area (Å²) in [5.74, 6) is 0. The molecule has 21 heavy (non-hydrogen) atoms. The van der Waals surface area contributed by atoms with E-state index in [4.69, 9.17) is 10.5 Å². The number of carbonyl (C=O) groups excluding carboxylic acids is 1. The maximum absolute atomic E-state index is 11.7. The van der Waals surface area contributed by atoms with Gasteiger partial charge in [-0.3, -0.25) is 9.88 Å². The summed E-state index contributed by atoms with van der Waals surface area (Å²) in [6.07, 6.45) is 3.11. The fourth-order valence-corrected chi connectivity index (χ4v) is 1.84. The number of rotatable bonds is 6. The van der Waals surface area contributed by atoms with Crippen LogP contribution in [0, 0.1) is 0 Å². The van der Waals surface area contributed by atoms with E-state index in [1.807, 2.05) is 40.0 Å². The molecule has 0 aliphatic rings. The van der Waals surface area contributed by atoms with Gasteiger partial charge in [0, 0.05) is 38.1 Å². The Bertz CT molecular complexity index is 431. The van der Waals surface area contributed by atoms with Crippen molar-refractivity contribution in [2.24, 2.45) is 5.73 Å². The molecule has 1 amide bonds. The molecule has 0 aliphatic heterocycles. The molecule has 1 aromatic rings. The monoisotopic (exact) mass is 294 g/mol. The first-order chi connectivity index (χ1) is 9.81. The summed E-state index contributed by atoms with van der Waals surface area (Å²) in [5.41, 5.74) is 6.46. The molecule has 6 heteroatoms. The summed E-state index contributed by atoms with van der Waals surface area (Å²) in [4.78, 5) is 17.8. The number of alkyl carbamates (subject to hydrolysis) is 1. The minimum absolute atomic E-state index is 0.0469. The number of hydrogen-bond donors (Lipinski definition) is 2. The number of nitrogens with two attached hydrogens (primary N) is 1. The largest absolute Gasteiger partial charge is 0.444 e. The number of nitrogens with zero attached hydrogens (tertiary/aromatic N) is 2. The van der Waals surface area contributed by atoms with Gasteiger partial charge in [-0.25, -0.2) is 4.79 Å². The number of aromatic nitrogens is 1. The second-order valence-corrected chi connectivity index (χ2v) is 6.04. The predicted octanol–water partition coefficient (Wildman–Crippen LogP) is 1.37. The Balaban J connectivity index is 2.45. The highest BCUT2D eigenvalue weighted by Crippen LogP contribution is 2.07. The maximum Gasteiger partial charge on any atom is 0.407 e. The molecule has 0 aromatic carbocycles. The molecule has 1 aromatic heterocycles. The second-order valence-electron chi connectivity index (χ2n) is 6.04. The Labute approximate surface area is 126 Å². The molecule has 6 nitrogen and oxygen atoms in total. The van der Waals surface area contributed by atoms with Crippen LogP contribution in [0.4, 0.5) is 4.79 Å². The molecule has 0 aliphatic carbocycles. The molecule has 0 fully saturated rings. The van der Waals surface area contributed by atoms with Crippen molar-refractivity contribution in [3.8, 4) is 0 Å². The Hall–Kier alpha value is -1.66. The van der Waals surface area contributed by atoms with Crippen LogP contribution in [0.5, 0.6) is 0 Å². The molecule has 1 atom stereocenters. The Morgan fingerprint density at radius 3 is 2.57 bits per heavy atom. The summed E-state index contributed by atoms with van der Waals surface area (Å²) in [6.45, 7) is 7.17. The first kappa shape index (κ1) is 17.4. The second kappa shape index (κ2) is 7.95. The molecule has 0 radical (unpaired) electrons. The minimum atomic E-state index is -0.495. The fourth-order valence-electron chi connectivity index (χ4n) is 1.84. The lowest BCUT2D eigenvalue weighted by Gasteiger charge is -2.28. The van der Waals surface area contributed by atoms with Crippen molar-refractivity contribution < 1.29 is 9.53 Å². The molecule has 118 valence electrons. The van der Waals surface area contributed by atoms with Crippen molar-refractivity contribution >= 4 is 6.09 Å². The molecule has 1 unspecified atom stereocenters. The number of hydrogen-bond acceptors (Lipinski definition) is 5. The molecule has 1 heterocycles. The Kier molecular flexibility index (Phi) is 6.58. The quantitative estimate of drug-likeness (QED) is 0.828. The highest BCUT2D eigenvalue weighted by atomic mass is 16.6. The summed E-state index contributed by atoms with van der Waals surface area (Å²) in [6, 6.07) is 3.97. The Morgan fingerprint density at radius 1 is 1.43 bits per heavy atom. The standard InChI is InChI=1S/C15H26N4O2/c1-15(2,3)21-14(20)18-10-13(9-16)19(4)11-12-5-7-17-8-6-12/h5-8,13H,9-11,16H2,1-4H3,(H,18,20). The third-order valence-electron chi connectivity index (χ3n) is 2.96. The maximum atomic E-state index is 11.7. The van der Waals surface area contributed by atoms with Crippen LogP contribution >= 0.6 is 0 Å². The zero-order valence-corrected chi connectivity index (χ0v) is 13.3. The summed E-state index contributed by atoms with van der Waals surface area (Å²) >= 11 is 0. The molecular formula is C15H26N4O2. The van der Waals surface area contributed by atoms with Gasteiger partial charge in [0.05, 0.1) is 0 Å². The van der Waals surface area contributed by atoms with Crippen LogP contribution < -0.4 is 11.1 Å². The number of likely N-dealkylation sites (N-methyl/N-ethyl adjacent to an activating group) is 1. The molecule has 0 saturated carbocycles. The van der Waals surface area contributed by atoms with Gasteiger partial charge in [0.15, 0.2) is 0 Å². The van der Waals surface area contributed by atoms with Gasteiger partial charge in [0.2, 0.25) is 0 Å². The minimum Gasteiger partial charge on any atom is -0.444 e. The van der Waals surface area contributed by atoms with Gasteiger partial charge in [-0.05, 0) is 45.5 Å². The van der Waals surface area contributed by atoms with Crippen molar-refractivity contribution in [3.05, 3.63) is 30.1 Å². The smallest absolute Gasteiger partial charge is 0.407 e. The number of carbonyl (C=O) groups is 1. The number of amides is 1. The summed E-state index contributed by atoms with van der Waals surface area (Å²) in [5, 5.41) is 2.76. The van der Waals surface area contributed by atoms with Crippen LogP contribution in [-0.4, -0.2) is 47.8 Å². The van der Waals surface area contributed by atoms with Crippen LogP contribution in [0.3, 0.4) is 0 Å². The van der Waals surface area contributed by atoms with Gasteiger partial charge in [-0.1, -0.05) is 0 Å². The van der Waals surface area contributed by atoms with Crippen molar-refractivity contribution in [1.82, 2.24) is 15.2 Å². The first-order valence-corrected chi connectivity index (χ1v) is 7.08. The molecule has 0 bridgehead atoms. The third-order valence-corrected chi connectivity index (χ3v) is 2.96. The van der Waals surface area contributed by atoms with Crippen LogP contribution in [0.2, 0.25) is 0 Å². The lowest BCUT2D eigenvalue weighted by atomic mass is 10.2. The van der Waals surface area contributed by atoms with Gasteiger partial charge in [0.1, 0.15) is 5.60 Å². The van der Waals surface area contributed by atoms with Gasteiger partial charge in [-0.15, -0.1) is 0 Å². The van der Waals surface area contributed by atoms with Crippen molar-refractivity contribution in [1.29, 1.82) is 0 Å². The summed E-state index contributed by atoms with van der Waals surface area (Å²) in [7, 11) is 1.98. The van der Waals surface area contributed by atoms with E-state index in [0.29, 0.717) is 13.1 Å². The van der Waals surface area contributed by atoms with Crippen LogP contribution in [0.15, 0.2) is 24.5 Å². The van der Waals surface area contributed by atoms with E-state index in [0.717, 1.165) is 12.1 Å². The van der Waals surface area contributed by atoms with E-state index in [1.165, 1.54) is 0 Å². The zero-order chi connectivity index (χ0) is 15.9. The number of ether oxygens (including phenoxy) is 1. The first-order valence-electron chi connectivity index (χ1n) is 7.08. The highest BCUT2D eigenvalue weighted by molar-refractivity contribution is 5.67. The van der Waals surface area contributed by atoms with Crippen LogP contribution in [0.25, 0.3) is 0 Å². The van der Waals surface area contributed by atoms with E-state index in [-0.39, 0.29) is 6.04 Å². The molecule has 3 N–H and O–H groups in total. The van der Waals surface area contributed by atoms with E-state index < -0.39 is 11.7 Å². The summed E-state index contributed by atoms with van der Waals surface area (Å²) < 4.78 is 5.21. The van der Waals surface area contributed by atoms with E-state index in [1.54, 1.807) is 12.4 Å². The number of pyridine rings is 1. The number of nitrogens with one attached hydrogen (secondary N) is 1. The molecule has 1 rings (SSSR count). The van der Waals surface area contributed by atoms with Crippen molar-refractivity contribution in [2.75, 3.05) is 20.1 Å². The predicted molar refractivity (Wildman–Crippen MR) is 82.8 cm³/mol. The van der Waals surface area contributed by atoms with Crippen LogP contribution in [-0.2, 0) is 11.3 Å². The van der Waals surface area contributed by atoms with Gasteiger partial charge in [0.25, 0.3) is 0 Å². The Morgan fingerprint density at radius 2 is 2.05 bits per heavy atom.